The quantitative estimate of drug-likeness (QED) is 0.261. The lowest BCUT2D eigenvalue weighted by Gasteiger charge is -2.22. The molecule has 0 aliphatic rings. The highest BCUT2D eigenvalue weighted by molar-refractivity contribution is 6.01. The van der Waals surface area contributed by atoms with Crippen molar-refractivity contribution in [2.75, 3.05) is 52.6 Å². The summed E-state index contributed by atoms with van der Waals surface area (Å²) in [4.78, 5) is 75.6. The fourth-order valence-electron chi connectivity index (χ4n) is 2.97. The second kappa shape index (κ2) is 15.8. The molecule has 1 aromatic rings. The third kappa shape index (κ3) is 10.1. The Morgan fingerprint density at radius 3 is 0.917 bits per heavy atom. The lowest BCUT2D eigenvalue weighted by Crippen LogP contribution is -2.41. The Balaban J connectivity index is 3.10. The molecule has 0 unspecified atom stereocenters. The van der Waals surface area contributed by atoms with Gasteiger partial charge in [0.2, 0.25) is 0 Å². The summed E-state index contributed by atoms with van der Waals surface area (Å²) >= 11 is 0. The van der Waals surface area contributed by atoms with Gasteiger partial charge in [0, 0.05) is 11.1 Å². The summed E-state index contributed by atoms with van der Waals surface area (Å²) in [5, 5.41) is 0. The summed E-state index contributed by atoms with van der Waals surface area (Å²) in [6, 6.07) is 5.30. The first-order valence-electron chi connectivity index (χ1n) is 11.5. The van der Waals surface area contributed by atoms with E-state index < -0.39 is 61.9 Å². The van der Waals surface area contributed by atoms with E-state index in [0.29, 0.717) is 0 Å². The summed E-state index contributed by atoms with van der Waals surface area (Å²) < 4.78 is 19.5. The van der Waals surface area contributed by atoms with Crippen LogP contribution in [-0.4, -0.2) is 98.1 Å². The number of hydrogen-bond donors (Lipinski definition) is 0. The highest BCUT2D eigenvalue weighted by atomic mass is 16.5. The maximum atomic E-state index is 13.0. The van der Waals surface area contributed by atoms with Crippen molar-refractivity contribution in [1.82, 2.24) is 9.80 Å². The molecule has 0 spiro atoms. The number of nitrogens with zero attached hydrogens (tertiary/aromatic N) is 2. The maximum absolute atomic E-state index is 13.0. The minimum absolute atomic E-state index is 0.0856. The van der Waals surface area contributed by atoms with Crippen LogP contribution < -0.4 is 0 Å². The van der Waals surface area contributed by atoms with E-state index in [1.165, 1.54) is 24.3 Å². The van der Waals surface area contributed by atoms with Crippen LogP contribution in [0.5, 0.6) is 0 Å². The van der Waals surface area contributed by atoms with Crippen molar-refractivity contribution < 1.29 is 47.7 Å². The molecule has 0 aromatic heterocycles. The molecule has 0 aliphatic heterocycles. The zero-order chi connectivity index (χ0) is 27.1. The standard InChI is InChI=1S/C24H32N2O10/c1-5-33-19(27)13-25(14-20(28)34-6-2)23(31)17-9-11-18(12-10-17)24(32)26(15-21(29)35-7-3)16-22(30)36-8-4/h9-12H,5-8,13-16H2,1-4H3. The van der Waals surface area contributed by atoms with Crippen LogP contribution in [0.3, 0.4) is 0 Å². The molecule has 0 N–H and O–H groups in total. The molecule has 0 heterocycles. The van der Waals surface area contributed by atoms with Crippen LogP contribution in [-0.2, 0) is 38.1 Å². The van der Waals surface area contributed by atoms with E-state index in [1.54, 1.807) is 27.7 Å². The molecule has 2 amide bonds. The lowest BCUT2D eigenvalue weighted by atomic mass is 10.1. The summed E-state index contributed by atoms with van der Waals surface area (Å²) in [6.45, 7) is 4.95. The monoisotopic (exact) mass is 508 g/mol. The lowest BCUT2D eigenvalue weighted by molar-refractivity contribution is -0.148. The van der Waals surface area contributed by atoms with E-state index in [2.05, 4.69) is 0 Å². The Morgan fingerprint density at radius 2 is 0.722 bits per heavy atom. The zero-order valence-electron chi connectivity index (χ0n) is 20.9. The van der Waals surface area contributed by atoms with Crippen molar-refractivity contribution in [3.8, 4) is 0 Å². The minimum atomic E-state index is -0.699. The topological polar surface area (TPSA) is 146 Å². The predicted molar refractivity (Wildman–Crippen MR) is 125 cm³/mol. The molecule has 0 aliphatic carbocycles. The van der Waals surface area contributed by atoms with Gasteiger partial charge in [-0.05, 0) is 52.0 Å². The third-order valence-corrected chi connectivity index (χ3v) is 4.45. The van der Waals surface area contributed by atoms with Gasteiger partial charge in [-0.25, -0.2) is 0 Å². The average Bonchev–Trinajstić information content (AvgIpc) is 2.83. The maximum Gasteiger partial charge on any atom is 0.325 e. The number of amides is 2. The van der Waals surface area contributed by atoms with Gasteiger partial charge in [0.15, 0.2) is 0 Å². The zero-order valence-corrected chi connectivity index (χ0v) is 20.9. The Morgan fingerprint density at radius 1 is 0.500 bits per heavy atom. The molecule has 12 nitrogen and oxygen atoms in total. The van der Waals surface area contributed by atoms with Crippen LogP contribution in [0, 0.1) is 0 Å². The predicted octanol–water partition coefficient (Wildman–Crippen LogP) is 0.823. The van der Waals surface area contributed by atoms with Crippen LogP contribution in [0.1, 0.15) is 48.4 Å². The fourth-order valence-corrected chi connectivity index (χ4v) is 2.97. The highest BCUT2D eigenvalue weighted by Gasteiger charge is 2.25. The Hall–Kier alpha value is -3.96. The Bertz CT molecular complexity index is 814. The number of carbonyl (C=O) groups is 6. The van der Waals surface area contributed by atoms with Crippen molar-refractivity contribution in [3.63, 3.8) is 0 Å². The molecule has 12 heteroatoms. The van der Waals surface area contributed by atoms with E-state index in [4.69, 9.17) is 18.9 Å². The van der Waals surface area contributed by atoms with Gasteiger partial charge in [-0.15, -0.1) is 0 Å². The van der Waals surface area contributed by atoms with Gasteiger partial charge in [-0.3, -0.25) is 28.8 Å². The molecular weight excluding hydrogens is 476 g/mol. The molecular formula is C24H32N2O10. The van der Waals surface area contributed by atoms with Gasteiger partial charge < -0.3 is 28.7 Å². The Labute approximate surface area is 209 Å². The van der Waals surface area contributed by atoms with E-state index in [9.17, 15) is 28.8 Å². The third-order valence-electron chi connectivity index (χ3n) is 4.45. The molecule has 0 bridgehead atoms. The van der Waals surface area contributed by atoms with Crippen LogP contribution in [0.4, 0.5) is 0 Å². The summed E-state index contributed by atoms with van der Waals surface area (Å²) in [5.74, 6) is -4.12. The molecule has 198 valence electrons. The van der Waals surface area contributed by atoms with Gasteiger partial charge >= 0.3 is 23.9 Å². The van der Waals surface area contributed by atoms with Crippen LogP contribution in [0.25, 0.3) is 0 Å². The van der Waals surface area contributed by atoms with Gasteiger partial charge in [-0.1, -0.05) is 0 Å². The summed E-state index contributed by atoms with van der Waals surface area (Å²) in [7, 11) is 0. The van der Waals surface area contributed by atoms with Crippen LogP contribution in [0.15, 0.2) is 24.3 Å². The van der Waals surface area contributed by atoms with Crippen molar-refractivity contribution in [2.24, 2.45) is 0 Å². The summed E-state index contributed by atoms with van der Waals surface area (Å²) in [5.41, 5.74) is 0.171. The smallest absolute Gasteiger partial charge is 0.325 e. The number of hydrogen-bond acceptors (Lipinski definition) is 10. The van der Waals surface area contributed by atoms with E-state index in [0.717, 1.165) is 9.80 Å². The Kier molecular flexibility index (Phi) is 13.2. The molecule has 0 radical (unpaired) electrons. The number of benzene rings is 1. The molecule has 0 atom stereocenters. The SMILES string of the molecule is CCOC(=O)CN(CC(=O)OCC)C(=O)c1ccc(C(=O)N(CC(=O)OCC)CC(=O)OCC)cc1. The van der Waals surface area contributed by atoms with Crippen LogP contribution >= 0.6 is 0 Å². The van der Waals surface area contributed by atoms with E-state index in [1.807, 2.05) is 0 Å². The van der Waals surface area contributed by atoms with Gasteiger partial charge in [-0.2, -0.15) is 0 Å². The van der Waals surface area contributed by atoms with Gasteiger partial charge in [0.1, 0.15) is 26.2 Å². The van der Waals surface area contributed by atoms with Gasteiger partial charge in [0.05, 0.1) is 26.4 Å². The second-order valence-electron chi connectivity index (χ2n) is 7.12. The molecule has 0 saturated carbocycles. The molecule has 0 fully saturated rings. The fraction of sp³-hybridized carbons (Fsp3) is 0.500. The van der Waals surface area contributed by atoms with Crippen molar-refractivity contribution in [2.45, 2.75) is 27.7 Å². The molecule has 0 saturated heterocycles. The first kappa shape index (κ1) is 30.1. The normalized spacial score (nSPS) is 10.1. The largest absolute Gasteiger partial charge is 0.465 e. The number of ether oxygens (including phenoxy) is 4. The van der Waals surface area contributed by atoms with Crippen molar-refractivity contribution in [1.29, 1.82) is 0 Å². The average molecular weight is 509 g/mol. The number of carbonyl (C=O) groups excluding carboxylic acids is 6. The molecule has 1 rings (SSSR count). The molecule has 1 aromatic carbocycles. The van der Waals surface area contributed by atoms with Gasteiger partial charge in [0.25, 0.3) is 11.8 Å². The number of rotatable bonds is 14. The van der Waals surface area contributed by atoms with E-state index >= 15 is 0 Å². The number of esters is 4. The van der Waals surface area contributed by atoms with Crippen LogP contribution in [0.2, 0.25) is 0 Å². The van der Waals surface area contributed by atoms with Crippen molar-refractivity contribution >= 4 is 35.7 Å². The van der Waals surface area contributed by atoms with Crippen molar-refractivity contribution in [3.05, 3.63) is 35.4 Å². The van der Waals surface area contributed by atoms with E-state index in [-0.39, 0.29) is 37.6 Å². The summed E-state index contributed by atoms with van der Waals surface area (Å²) in [6.07, 6.45) is 0. The first-order chi connectivity index (χ1) is 17.2. The highest BCUT2D eigenvalue weighted by Crippen LogP contribution is 2.12. The first-order valence-corrected chi connectivity index (χ1v) is 11.5. The second-order valence-corrected chi connectivity index (χ2v) is 7.12. The molecule has 36 heavy (non-hydrogen) atoms. The minimum Gasteiger partial charge on any atom is -0.465 e.